The molecule has 0 saturated heterocycles. The Kier molecular flexibility index (Phi) is 8.67. The van der Waals surface area contributed by atoms with E-state index in [4.69, 9.17) is 18.7 Å². The number of hydrogen-bond acceptors (Lipinski definition) is 11. The molecule has 5 aromatic rings. The van der Waals surface area contributed by atoms with Crippen LogP contribution in [0.15, 0.2) is 83.6 Å². The number of nitrogens with one attached hydrogen (secondary N) is 1. The normalized spacial score (nSPS) is 15.9. The molecule has 1 saturated carbocycles. The van der Waals surface area contributed by atoms with Gasteiger partial charge in [0.15, 0.2) is 5.75 Å². The van der Waals surface area contributed by atoms with Crippen molar-refractivity contribution >= 4 is 11.7 Å². The number of anilines is 1. The Morgan fingerprint density at radius 2 is 1.59 bits per heavy atom. The monoisotopic (exact) mass is 621 g/mol. The molecule has 236 valence electrons. The first-order chi connectivity index (χ1) is 22.2. The van der Waals surface area contributed by atoms with E-state index < -0.39 is 5.97 Å². The summed E-state index contributed by atoms with van der Waals surface area (Å²) in [5, 5.41) is 17.0. The van der Waals surface area contributed by atoms with Crippen LogP contribution in [0, 0.1) is 6.92 Å². The number of methoxy groups -OCH3 is 1. The van der Waals surface area contributed by atoms with Gasteiger partial charge in [-0.15, -0.1) is 0 Å². The summed E-state index contributed by atoms with van der Waals surface area (Å²) in [6, 6.07) is 21.8. The zero-order chi connectivity index (χ0) is 32.3. The van der Waals surface area contributed by atoms with Crippen molar-refractivity contribution in [1.29, 1.82) is 0 Å². The molecule has 0 radical (unpaired) electrons. The molecule has 0 bridgehead atoms. The van der Waals surface area contributed by atoms with Gasteiger partial charge in [0.05, 0.1) is 31.7 Å². The summed E-state index contributed by atoms with van der Waals surface area (Å²) in [4.78, 5) is 24.6. The lowest BCUT2D eigenvalue weighted by Gasteiger charge is -2.36. The number of carbonyl (C=O) groups is 1. The minimum atomic E-state index is -0.461. The molecular formula is C35H35N5O6. The molecular weight excluding hydrogens is 586 g/mol. The van der Waals surface area contributed by atoms with Crippen LogP contribution in [-0.4, -0.2) is 50.4 Å². The fourth-order valence-electron chi connectivity index (χ4n) is 5.40. The van der Waals surface area contributed by atoms with Gasteiger partial charge in [-0.05, 0) is 59.2 Å². The van der Waals surface area contributed by atoms with E-state index in [1.54, 1.807) is 31.5 Å². The topological polar surface area (TPSA) is 142 Å². The Hall–Kier alpha value is -5.29. The van der Waals surface area contributed by atoms with Crippen LogP contribution >= 0.6 is 0 Å². The highest BCUT2D eigenvalue weighted by Gasteiger charge is 2.31. The number of aromatic nitrogens is 4. The molecule has 0 amide bonds. The number of rotatable bonds is 11. The highest BCUT2D eigenvalue weighted by Crippen LogP contribution is 2.35. The van der Waals surface area contributed by atoms with Crippen molar-refractivity contribution < 1.29 is 28.6 Å². The third-order valence-corrected chi connectivity index (χ3v) is 8.19. The number of aliphatic hydroxyl groups excluding tert-OH is 1. The molecule has 11 heteroatoms. The van der Waals surface area contributed by atoms with Gasteiger partial charge in [-0.2, -0.15) is 4.98 Å². The summed E-state index contributed by atoms with van der Waals surface area (Å²) in [6.07, 6.45) is 4.97. The summed E-state index contributed by atoms with van der Waals surface area (Å²) in [5.74, 6) is 2.70. The second-order valence-electron chi connectivity index (χ2n) is 11.7. The number of hydrogen-bond donors (Lipinski definition) is 2. The van der Waals surface area contributed by atoms with Crippen LogP contribution < -0.4 is 14.8 Å². The lowest BCUT2D eigenvalue weighted by atomic mass is 9.78. The smallest absolute Gasteiger partial charge is 0.338 e. The third kappa shape index (κ3) is 6.69. The standard InChI is InChI=1S/C35H35N5O6/c1-21-38-33(40-46-21)32-36-18-30(19-37-32)45-28-12-7-24(8-13-28)35(2,3)23-5-10-27(11-6-23)44-29-16-26(17-29)39-25-9-14-31(34(42)43-4)22(15-25)20-41/h5-15,18-19,26,29,39,41H,16-17,20H2,1-4H3/t26-,29-. The largest absolute Gasteiger partial charge is 0.490 e. The van der Waals surface area contributed by atoms with Crippen LogP contribution in [0.5, 0.6) is 17.2 Å². The first-order valence-corrected chi connectivity index (χ1v) is 15.0. The quantitative estimate of drug-likeness (QED) is 0.162. The SMILES string of the molecule is COC(=O)c1ccc(N[C@H]2C[C@H](Oc3ccc(C(C)(C)c4ccc(Oc5cnc(-c6noc(C)n6)nc5)cc4)cc3)C2)cc1CO. The second kappa shape index (κ2) is 13.0. The van der Waals surface area contributed by atoms with E-state index in [2.05, 4.69) is 63.5 Å². The average molecular weight is 622 g/mol. The molecule has 46 heavy (non-hydrogen) atoms. The molecule has 0 atom stereocenters. The Labute approximate surface area is 266 Å². The predicted octanol–water partition coefficient (Wildman–Crippen LogP) is 6.25. The molecule has 2 N–H and O–H groups in total. The molecule has 6 rings (SSSR count). The Bertz CT molecular complexity index is 1800. The van der Waals surface area contributed by atoms with Crippen LogP contribution in [0.2, 0.25) is 0 Å². The van der Waals surface area contributed by atoms with E-state index in [1.165, 1.54) is 7.11 Å². The van der Waals surface area contributed by atoms with Crippen molar-refractivity contribution in [3.8, 4) is 28.9 Å². The number of aliphatic hydroxyl groups is 1. The zero-order valence-corrected chi connectivity index (χ0v) is 26.1. The van der Waals surface area contributed by atoms with Gasteiger partial charge in [0, 0.05) is 36.9 Å². The first-order valence-electron chi connectivity index (χ1n) is 15.0. The molecule has 2 heterocycles. The zero-order valence-electron chi connectivity index (χ0n) is 26.1. The maximum atomic E-state index is 11.9. The maximum Gasteiger partial charge on any atom is 0.338 e. The Morgan fingerprint density at radius 1 is 0.935 bits per heavy atom. The van der Waals surface area contributed by atoms with Crippen molar-refractivity contribution in [2.45, 2.75) is 57.8 Å². The van der Waals surface area contributed by atoms with Crippen molar-refractivity contribution in [3.63, 3.8) is 0 Å². The number of aryl methyl sites for hydroxylation is 1. The van der Waals surface area contributed by atoms with Gasteiger partial charge < -0.3 is 29.2 Å². The molecule has 3 aromatic carbocycles. The van der Waals surface area contributed by atoms with E-state index in [0.717, 1.165) is 35.4 Å². The van der Waals surface area contributed by atoms with E-state index in [-0.39, 0.29) is 24.2 Å². The second-order valence-corrected chi connectivity index (χ2v) is 11.7. The van der Waals surface area contributed by atoms with Gasteiger partial charge in [0.2, 0.25) is 17.5 Å². The number of ether oxygens (including phenoxy) is 3. The molecule has 1 aliphatic rings. The maximum absolute atomic E-state index is 11.9. The summed E-state index contributed by atoms with van der Waals surface area (Å²) in [7, 11) is 1.33. The van der Waals surface area contributed by atoms with Gasteiger partial charge in [0.25, 0.3) is 0 Å². The van der Waals surface area contributed by atoms with E-state index in [0.29, 0.717) is 40.2 Å². The van der Waals surface area contributed by atoms with E-state index >= 15 is 0 Å². The average Bonchev–Trinajstić information content (AvgIpc) is 3.50. The molecule has 0 unspecified atom stereocenters. The van der Waals surface area contributed by atoms with Crippen LogP contribution in [0.1, 0.15) is 59.6 Å². The lowest BCUT2D eigenvalue weighted by molar-refractivity contribution is 0.0597. The van der Waals surface area contributed by atoms with Crippen molar-refractivity contribution in [2.24, 2.45) is 0 Å². The van der Waals surface area contributed by atoms with Crippen LogP contribution in [0.4, 0.5) is 5.69 Å². The van der Waals surface area contributed by atoms with Gasteiger partial charge >= 0.3 is 5.97 Å². The fraction of sp³-hybridized carbons (Fsp3) is 0.286. The number of esters is 1. The van der Waals surface area contributed by atoms with Crippen LogP contribution in [-0.2, 0) is 16.8 Å². The van der Waals surface area contributed by atoms with E-state index in [9.17, 15) is 9.90 Å². The van der Waals surface area contributed by atoms with E-state index in [1.807, 2.05) is 30.3 Å². The molecule has 2 aromatic heterocycles. The Balaban J connectivity index is 1.01. The van der Waals surface area contributed by atoms with Gasteiger partial charge in [0.1, 0.15) is 17.6 Å². The summed E-state index contributed by atoms with van der Waals surface area (Å²) in [5.41, 5.74) is 3.82. The molecule has 0 spiro atoms. The van der Waals surface area contributed by atoms with Gasteiger partial charge in [-0.1, -0.05) is 43.3 Å². The van der Waals surface area contributed by atoms with Crippen LogP contribution in [0.3, 0.4) is 0 Å². The van der Waals surface area contributed by atoms with Gasteiger partial charge in [-0.25, -0.2) is 14.8 Å². The number of benzene rings is 3. The lowest BCUT2D eigenvalue weighted by Crippen LogP contribution is -2.42. The molecule has 11 nitrogen and oxygen atoms in total. The third-order valence-electron chi connectivity index (χ3n) is 8.19. The van der Waals surface area contributed by atoms with Crippen molar-refractivity contribution in [1.82, 2.24) is 20.1 Å². The van der Waals surface area contributed by atoms with Crippen molar-refractivity contribution in [3.05, 3.63) is 107 Å². The summed E-state index contributed by atoms with van der Waals surface area (Å²) < 4.78 is 21.9. The highest BCUT2D eigenvalue weighted by molar-refractivity contribution is 5.91. The van der Waals surface area contributed by atoms with Gasteiger partial charge in [-0.3, -0.25) is 0 Å². The molecule has 0 aliphatic heterocycles. The summed E-state index contributed by atoms with van der Waals surface area (Å²) in [6.45, 7) is 5.85. The minimum absolute atomic E-state index is 0.111. The Morgan fingerprint density at radius 3 is 2.17 bits per heavy atom. The molecule has 1 aliphatic carbocycles. The minimum Gasteiger partial charge on any atom is -0.490 e. The van der Waals surface area contributed by atoms with Crippen LogP contribution in [0.25, 0.3) is 11.6 Å². The first kappa shape index (κ1) is 30.7. The number of nitrogens with zero attached hydrogens (tertiary/aromatic N) is 4. The number of carbonyl (C=O) groups excluding carboxylic acids is 1. The highest BCUT2D eigenvalue weighted by atomic mass is 16.5. The van der Waals surface area contributed by atoms with Crippen molar-refractivity contribution in [2.75, 3.05) is 12.4 Å². The molecule has 1 fully saturated rings. The summed E-state index contributed by atoms with van der Waals surface area (Å²) >= 11 is 0. The predicted molar refractivity (Wildman–Crippen MR) is 170 cm³/mol. The fourth-order valence-corrected chi connectivity index (χ4v) is 5.40.